The highest BCUT2D eigenvalue weighted by atomic mass is 16.5. The first-order valence-electron chi connectivity index (χ1n) is 6.25. The van der Waals surface area contributed by atoms with Crippen molar-refractivity contribution in [1.82, 2.24) is 5.32 Å². The standard InChI is InChI=1S/C14H23NO3/c1-4-18-14-8-6-5-7-12(14)9-15-10-13(17-3)11-16-2/h5-8,13,15H,4,9-11H2,1-3H3. The van der Waals surface area contributed by atoms with Gasteiger partial charge in [-0.15, -0.1) is 0 Å². The normalized spacial score (nSPS) is 12.4. The molecule has 0 aromatic heterocycles. The van der Waals surface area contributed by atoms with E-state index in [1.807, 2.05) is 25.1 Å². The zero-order valence-electron chi connectivity index (χ0n) is 11.4. The van der Waals surface area contributed by atoms with Crippen molar-refractivity contribution in [2.24, 2.45) is 0 Å². The lowest BCUT2D eigenvalue weighted by molar-refractivity contribution is 0.0287. The van der Waals surface area contributed by atoms with Gasteiger partial charge in [-0.25, -0.2) is 0 Å². The van der Waals surface area contributed by atoms with Crippen LogP contribution in [0.3, 0.4) is 0 Å². The van der Waals surface area contributed by atoms with E-state index in [4.69, 9.17) is 14.2 Å². The molecule has 4 nitrogen and oxygen atoms in total. The quantitative estimate of drug-likeness (QED) is 0.729. The summed E-state index contributed by atoms with van der Waals surface area (Å²) in [5, 5.41) is 3.35. The fraction of sp³-hybridized carbons (Fsp3) is 0.571. The van der Waals surface area contributed by atoms with Gasteiger partial charge >= 0.3 is 0 Å². The van der Waals surface area contributed by atoms with E-state index in [-0.39, 0.29) is 6.10 Å². The molecule has 0 fully saturated rings. The lowest BCUT2D eigenvalue weighted by atomic mass is 10.2. The maximum atomic E-state index is 5.57. The minimum absolute atomic E-state index is 0.0780. The molecule has 0 aliphatic heterocycles. The Morgan fingerprint density at radius 3 is 2.67 bits per heavy atom. The first-order chi connectivity index (χ1) is 8.81. The van der Waals surface area contributed by atoms with E-state index in [0.29, 0.717) is 13.2 Å². The Hall–Kier alpha value is -1.10. The van der Waals surface area contributed by atoms with E-state index in [9.17, 15) is 0 Å². The van der Waals surface area contributed by atoms with Crippen molar-refractivity contribution in [3.05, 3.63) is 29.8 Å². The van der Waals surface area contributed by atoms with Crippen LogP contribution in [-0.2, 0) is 16.0 Å². The van der Waals surface area contributed by atoms with Gasteiger partial charge < -0.3 is 19.5 Å². The number of benzene rings is 1. The maximum Gasteiger partial charge on any atom is 0.123 e. The van der Waals surface area contributed by atoms with E-state index in [2.05, 4.69) is 11.4 Å². The van der Waals surface area contributed by atoms with Crippen LogP contribution < -0.4 is 10.1 Å². The summed E-state index contributed by atoms with van der Waals surface area (Å²) in [5.74, 6) is 0.938. The summed E-state index contributed by atoms with van der Waals surface area (Å²) in [6.07, 6.45) is 0.0780. The molecule has 1 aromatic rings. The predicted molar refractivity (Wildman–Crippen MR) is 72.0 cm³/mol. The minimum atomic E-state index is 0.0780. The molecule has 0 radical (unpaired) electrons. The fourth-order valence-electron chi connectivity index (χ4n) is 1.71. The number of ether oxygens (including phenoxy) is 3. The van der Waals surface area contributed by atoms with Gasteiger partial charge in [-0.2, -0.15) is 0 Å². The van der Waals surface area contributed by atoms with Gasteiger partial charge in [0.15, 0.2) is 0 Å². The molecule has 1 rings (SSSR count). The first-order valence-corrected chi connectivity index (χ1v) is 6.25. The molecule has 1 unspecified atom stereocenters. The molecule has 0 heterocycles. The van der Waals surface area contributed by atoms with Crippen LogP contribution in [0.2, 0.25) is 0 Å². The summed E-state index contributed by atoms with van der Waals surface area (Å²) in [6, 6.07) is 8.06. The van der Waals surface area contributed by atoms with Crippen molar-refractivity contribution in [1.29, 1.82) is 0 Å². The van der Waals surface area contributed by atoms with Crippen LogP contribution in [0.1, 0.15) is 12.5 Å². The fourth-order valence-corrected chi connectivity index (χ4v) is 1.71. The Labute approximate surface area is 109 Å². The van der Waals surface area contributed by atoms with Gasteiger partial charge in [0.05, 0.1) is 19.3 Å². The number of hydrogen-bond donors (Lipinski definition) is 1. The van der Waals surface area contributed by atoms with Crippen molar-refractivity contribution in [2.45, 2.75) is 19.6 Å². The molecule has 1 N–H and O–H groups in total. The Morgan fingerprint density at radius 2 is 2.00 bits per heavy atom. The molecule has 4 heteroatoms. The van der Waals surface area contributed by atoms with Crippen LogP contribution in [0.15, 0.2) is 24.3 Å². The SMILES string of the molecule is CCOc1ccccc1CNCC(COC)OC. The summed E-state index contributed by atoms with van der Waals surface area (Å²) in [7, 11) is 3.37. The molecule has 0 saturated carbocycles. The second-order valence-corrected chi connectivity index (χ2v) is 3.98. The van der Waals surface area contributed by atoms with Gasteiger partial charge in [0, 0.05) is 32.9 Å². The topological polar surface area (TPSA) is 39.7 Å². The van der Waals surface area contributed by atoms with Gasteiger partial charge in [-0.05, 0) is 13.0 Å². The Morgan fingerprint density at radius 1 is 1.22 bits per heavy atom. The van der Waals surface area contributed by atoms with E-state index >= 15 is 0 Å². The first kappa shape index (κ1) is 15.0. The predicted octanol–water partition coefficient (Wildman–Crippen LogP) is 1.84. The van der Waals surface area contributed by atoms with E-state index in [1.165, 1.54) is 0 Å². The lowest BCUT2D eigenvalue weighted by Gasteiger charge is -2.16. The van der Waals surface area contributed by atoms with Crippen molar-refractivity contribution >= 4 is 0 Å². The highest BCUT2D eigenvalue weighted by molar-refractivity contribution is 5.33. The summed E-state index contributed by atoms with van der Waals surface area (Å²) < 4.78 is 15.9. The molecular weight excluding hydrogens is 230 g/mol. The molecule has 0 bridgehead atoms. The van der Waals surface area contributed by atoms with Gasteiger partial charge in [0.25, 0.3) is 0 Å². The molecule has 0 aliphatic rings. The van der Waals surface area contributed by atoms with Crippen molar-refractivity contribution in [2.75, 3.05) is 34.0 Å². The van der Waals surface area contributed by atoms with E-state index < -0.39 is 0 Å². The van der Waals surface area contributed by atoms with Crippen molar-refractivity contribution in [3.63, 3.8) is 0 Å². The molecule has 1 atom stereocenters. The summed E-state index contributed by atoms with van der Waals surface area (Å²) in [5.41, 5.74) is 1.16. The van der Waals surface area contributed by atoms with Crippen molar-refractivity contribution < 1.29 is 14.2 Å². The highest BCUT2D eigenvalue weighted by Crippen LogP contribution is 2.17. The minimum Gasteiger partial charge on any atom is -0.494 e. The number of nitrogens with one attached hydrogen (secondary N) is 1. The molecule has 18 heavy (non-hydrogen) atoms. The average molecular weight is 253 g/mol. The third-order valence-corrected chi connectivity index (χ3v) is 2.65. The second kappa shape index (κ2) is 8.91. The van der Waals surface area contributed by atoms with E-state index in [1.54, 1.807) is 14.2 Å². The third-order valence-electron chi connectivity index (χ3n) is 2.65. The van der Waals surface area contributed by atoms with Crippen LogP contribution in [0, 0.1) is 0 Å². The van der Waals surface area contributed by atoms with Crippen LogP contribution in [0.4, 0.5) is 0 Å². The number of methoxy groups -OCH3 is 2. The largest absolute Gasteiger partial charge is 0.494 e. The van der Waals surface area contributed by atoms with Crippen molar-refractivity contribution in [3.8, 4) is 5.75 Å². The molecule has 0 aliphatic carbocycles. The van der Waals surface area contributed by atoms with Crippen LogP contribution >= 0.6 is 0 Å². The van der Waals surface area contributed by atoms with E-state index in [0.717, 1.165) is 24.4 Å². The Bertz CT molecular complexity index is 331. The van der Waals surface area contributed by atoms with Gasteiger partial charge in [-0.1, -0.05) is 18.2 Å². The molecule has 0 saturated heterocycles. The van der Waals surface area contributed by atoms with Crippen LogP contribution in [0.25, 0.3) is 0 Å². The van der Waals surface area contributed by atoms with Gasteiger partial charge in [0.2, 0.25) is 0 Å². The smallest absolute Gasteiger partial charge is 0.123 e. The molecule has 0 amide bonds. The van der Waals surface area contributed by atoms with Gasteiger partial charge in [-0.3, -0.25) is 0 Å². The molecule has 1 aromatic carbocycles. The zero-order chi connectivity index (χ0) is 13.2. The molecule has 102 valence electrons. The number of hydrogen-bond acceptors (Lipinski definition) is 4. The summed E-state index contributed by atoms with van der Waals surface area (Å²) in [4.78, 5) is 0. The Balaban J connectivity index is 2.42. The third kappa shape index (κ3) is 5.04. The van der Waals surface area contributed by atoms with Crippen LogP contribution in [0.5, 0.6) is 5.75 Å². The summed E-state index contributed by atoms with van der Waals surface area (Å²) in [6.45, 7) is 4.78. The number of rotatable bonds is 9. The molecule has 0 spiro atoms. The number of para-hydroxylation sites is 1. The zero-order valence-corrected chi connectivity index (χ0v) is 11.4. The summed E-state index contributed by atoms with van der Waals surface area (Å²) >= 11 is 0. The highest BCUT2D eigenvalue weighted by Gasteiger charge is 2.07. The van der Waals surface area contributed by atoms with Gasteiger partial charge in [0.1, 0.15) is 5.75 Å². The van der Waals surface area contributed by atoms with Crippen LogP contribution in [-0.4, -0.2) is 40.1 Å². The molecular formula is C14H23NO3. The maximum absolute atomic E-state index is 5.57. The average Bonchev–Trinajstić information content (AvgIpc) is 2.40. The Kier molecular flexibility index (Phi) is 7.41. The second-order valence-electron chi connectivity index (χ2n) is 3.98. The lowest BCUT2D eigenvalue weighted by Crippen LogP contribution is -2.31. The monoisotopic (exact) mass is 253 g/mol.